The van der Waals surface area contributed by atoms with Crippen molar-refractivity contribution in [2.45, 2.75) is 51.3 Å². The first kappa shape index (κ1) is 8.52. The van der Waals surface area contributed by atoms with Gasteiger partial charge in [-0.25, -0.2) is 0 Å². The molecule has 2 rings (SSSR count). The first-order valence-corrected chi connectivity index (χ1v) is 5.14. The Kier molecular flexibility index (Phi) is 2.37. The molecule has 0 amide bonds. The van der Waals surface area contributed by atoms with E-state index in [1.54, 1.807) is 0 Å². The third-order valence-corrected chi connectivity index (χ3v) is 3.20. The number of ether oxygens (including phenoxy) is 1. The van der Waals surface area contributed by atoms with Gasteiger partial charge in [0.05, 0.1) is 12.7 Å². The summed E-state index contributed by atoms with van der Waals surface area (Å²) >= 11 is 0. The maximum Gasteiger partial charge on any atom is 0.0674 e. The molecule has 0 N–H and O–H groups in total. The van der Waals surface area contributed by atoms with Gasteiger partial charge >= 0.3 is 0 Å². The second kappa shape index (κ2) is 3.35. The Morgan fingerprint density at radius 3 is 2.58 bits per heavy atom. The lowest BCUT2D eigenvalue weighted by Gasteiger charge is -2.45. The molecule has 1 heterocycles. The van der Waals surface area contributed by atoms with Gasteiger partial charge in [-0.15, -0.1) is 0 Å². The lowest BCUT2D eigenvalue weighted by Crippen LogP contribution is -2.54. The highest BCUT2D eigenvalue weighted by atomic mass is 16.5. The molecule has 0 radical (unpaired) electrons. The van der Waals surface area contributed by atoms with E-state index in [1.807, 2.05) is 0 Å². The Morgan fingerprint density at radius 1 is 1.25 bits per heavy atom. The second-order valence-corrected chi connectivity index (χ2v) is 4.27. The highest BCUT2D eigenvalue weighted by molar-refractivity contribution is 4.86. The van der Waals surface area contributed by atoms with Crippen LogP contribution in [0.3, 0.4) is 0 Å². The SMILES string of the molecule is CC1CN(C2CCC2)C(C)CO1. The summed E-state index contributed by atoms with van der Waals surface area (Å²) < 4.78 is 5.60. The highest BCUT2D eigenvalue weighted by Crippen LogP contribution is 2.28. The first-order valence-electron chi connectivity index (χ1n) is 5.14. The van der Waals surface area contributed by atoms with Crippen molar-refractivity contribution in [1.29, 1.82) is 0 Å². The quantitative estimate of drug-likeness (QED) is 0.592. The van der Waals surface area contributed by atoms with E-state index < -0.39 is 0 Å². The summed E-state index contributed by atoms with van der Waals surface area (Å²) in [5.74, 6) is 0. The summed E-state index contributed by atoms with van der Waals surface area (Å²) in [6, 6.07) is 1.53. The van der Waals surface area contributed by atoms with Crippen LogP contribution in [-0.2, 0) is 4.74 Å². The van der Waals surface area contributed by atoms with Crippen LogP contribution in [0, 0.1) is 0 Å². The van der Waals surface area contributed by atoms with Crippen LogP contribution in [0.2, 0.25) is 0 Å². The Bertz CT molecular complexity index is 154. The molecule has 0 aromatic carbocycles. The summed E-state index contributed by atoms with van der Waals surface area (Å²) in [7, 11) is 0. The molecule has 2 atom stereocenters. The summed E-state index contributed by atoms with van der Waals surface area (Å²) in [5, 5.41) is 0. The van der Waals surface area contributed by atoms with Gasteiger partial charge in [-0.2, -0.15) is 0 Å². The van der Waals surface area contributed by atoms with Crippen molar-refractivity contribution < 1.29 is 4.74 Å². The Labute approximate surface area is 74.9 Å². The van der Waals surface area contributed by atoms with Crippen LogP contribution < -0.4 is 0 Å². The van der Waals surface area contributed by atoms with E-state index in [2.05, 4.69) is 18.7 Å². The normalized spacial score (nSPS) is 39.5. The van der Waals surface area contributed by atoms with Crippen LogP contribution in [0.5, 0.6) is 0 Å². The fourth-order valence-electron chi connectivity index (χ4n) is 2.16. The summed E-state index contributed by atoms with van der Waals surface area (Å²) in [6.07, 6.45) is 4.71. The molecule has 0 aromatic rings. The number of nitrogens with zero attached hydrogens (tertiary/aromatic N) is 1. The Hall–Kier alpha value is -0.0800. The largest absolute Gasteiger partial charge is 0.376 e. The third-order valence-electron chi connectivity index (χ3n) is 3.20. The van der Waals surface area contributed by atoms with Crippen molar-refractivity contribution in [3.8, 4) is 0 Å². The fourth-order valence-corrected chi connectivity index (χ4v) is 2.16. The topological polar surface area (TPSA) is 12.5 Å². The smallest absolute Gasteiger partial charge is 0.0674 e. The van der Waals surface area contributed by atoms with E-state index in [9.17, 15) is 0 Å². The van der Waals surface area contributed by atoms with E-state index in [0.717, 1.165) is 19.2 Å². The molecule has 0 spiro atoms. The fraction of sp³-hybridized carbons (Fsp3) is 1.00. The minimum absolute atomic E-state index is 0.446. The van der Waals surface area contributed by atoms with Crippen LogP contribution in [0.1, 0.15) is 33.1 Å². The molecule has 0 bridgehead atoms. The van der Waals surface area contributed by atoms with Gasteiger partial charge in [0.1, 0.15) is 0 Å². The molecule has 2 heteroatoms. The van der Waals surface area contributed by atoms with Gasteiger partial charge < -0.3 is 4.74 Å². The molecule has 1 aliphatic carbocycles. The van der Waals surface area contributed by atoms with E-state index in [0.29, 0.717) is 12.1 Å². The van der Waals surface area contributed by atoms with Gasteiger partial charge in [0.2, 0.25) is 0 Å². The van der Waals surface area contributed by atoms with E-state index >= 15 is 0 Å². The van der Waals surface area contributed by atoms with Crippen LogP contribution in [0.25, 0.3) is 0 Å². The molecule has 2 nitrogen and oxygen atoms in total. The van der Waals surface area contributed by atoms with Crippen molar-refractivity contribution in [2.75, 3.05) is 13.2 Å². The average Bonchev–Trinajstić information content (AvgIpc) is 1.93. The number of hydrogen-bond donors (Lipinski definition) is 0. The lowest BCUT2D eigenvalue weighted by molar-refractivity contribution is -0.0780. The van der Waals surface area contributed by atoms with Crippen LogP contribution in [0.4, 0.5) is 0 Å². The van der Waals surface area contributed by atoms with Gasteiger partial charge in [0.25, 0.3) is 0 Å². The number of hydrogen-bond acceptors (Lipinski definition) is 2. The van der Waals surface area contributed by atoms with Gasteiger partial charge in [0.15, 0.2) is 0 Å². The van der Waals surface area contributed by atoms with Gasteiger partial charge in [0, 0.05) is 18.6 Å². The number of morpholine rings is 1. The van der Waals surface area contributed by atoms with Crippen LogP contribution in [-0.4, -0.2) is 36.2 Å². The van der Waals surface area contributed by atoms with E-state index in [4.69, 9.17) is 4.74 Å². The van der Waals surface area contributed by atoms with Gasteiger partial charge in [-0.3, -0.25) is 4.90 Å². The Balaban J connectivity index is 1.91. The minimum atomic E-state index is 0.446. The monoisotopic (exact) mass is 169 g/mol. The van der Waals surface area contributed by atoms with Crippen molar-refractivity contribution in [1.82, 2.24) is 4.90 Å². The molecular formula is C10H19NO. The summed E-state index contributed by atoms with van der Waals surface area (Å²) in [5.41, 5.74) is 0. The van der Waals surface area contributed by atoms with Crippen molar-refractivity contribution in [2.24, 2.45) is 0 Å². The number of rotatable bonds is 1. The van der Waals surface area contributed by atoms with Crippen molar-refractivity contribution in [3.05, 3.63) is 0 Å². The Morgan fingerprint density at radius 2 is 2.00 bits per heavy atom. The minimum Gasteiger partial charge on any atom is -0.376 e. The highest BCUT2D eigenvalue weighted by Gasteiger charge is 2.32. The maximum atomic E-state index is 5.60. The molecule has 1 saturated heterocycles. The summed E-state index contributed by atoms with van der Waals surface area (Å²) in [4.78, 5) is 2.64. The predicted octanol–water partition coefficient (Wildman–Crippen LogP) is 1.65. The zero-order valence-corrected chi connectivity index (χ0v) is 8.12. The lowest BCUT2D eigenvalue weighted by atomic mass is 9.90. The zero-order valence-electron chi connectivity index (χ0n) is 8.12. The standard InChI is InChI=1S/C10H19NO/c1-8-7-12-9(2)6-11(8)10-4-3-5-10/h8-10H,3-7H2,1-2H3. The van der Waals surface area contributed by atoms with Gasteiger partial charge in [-0.05, 0) is 26.7 Å². The predicted molar refractivity (Wildman–Crippen MR) is 49.2 cm³/mol. The van der Waals surface area contributed by atoms with Crippen LogP contribution >= 0.6 is 0 Å². The zero-order chi connectivity index (χ0) is 8.55. The summed E-state index contributed by atoms with van der Waals surface area (Å²) in [6.45, 7) is 6.53. The van der Waals surface area contributed by atoms with E-state index in [-0.39, 0.29) is 0 Å². The first-order chi connectivity index (χ1) is 5.77. The molecule has 12 heavy (non-hydrogen) atoms. The maximum absolute atomic E-state index is 5.60. The average molecular weight is 169 g/mol. The van der Waals surface area contributed by atoms with Crippen molar-refractivity contribution >= 4 is 0 Å². The second-order valence-electron chi connectivity index (χ2n) is 4.27. The van der Waals surface area contributed by atoms with Gasteiger partial charge in [-0.1, -0.05) is 6.42 Å². The molecular weight excluding hydrogens is 150 g/mol. The van der Waals surface area contributed by atoms with E-state index in [1.165, 1.54) is 19.3 Å². The van der Waals surface area contributed by atoms with Crippen molar-refractivity contribution in [3.63, 3.8) is 0 Å². The van der Waals surface area contributed by atoms with Crippen LogP contribution in [0.15, 0.2) is 0 Å². The molecule has 70 valence electrons. The molecule has 0 aromatic heterocycles. The molecule has 2 aliphatic rings. The molecule has 2 fully saturated rings. The third kappa shape index (κ3) is 1.50. The molecule has 2 unspecified atom stereocenters. The molecule has 1 saturated carbocycles. The molecule has 1 aliphatic heterocycles.